The third-order valence-electron chi connectivity index (χ3n) is 7.31. The second-order valence-electron chi connectivity index (χ2n) is 10.4. The minimum atomic E-state index is -0.670. The predicted molar refractivity (Wildman–Crippen MR) is 162 cm³/mol. The molecule has 0 saturated carbocycles. The summed E-state index contributed by atoms with van der Waals surface area (Å²) in [6.07, 6.45) is 3.05. The Bertz CT molecular complexity index is 1390. The number of carbonyl (C=O) groups is 1. The molecule has 4 aromatic rings. The molecule has 0 aliphatic carbocycles. The molecule has 0 bridgehead atoms. The smallest absolute Gasteiger partial charge is 0.234 e. The molecule has 1 atom stereocenters. The van der Waals surface area contributed by atoms with Gasteiger partial charge in [0.1, 0.15) is 24.2 Å². The third kappa shape index (κ3) is 7.73. The molecule has 1 amide bonds. The SMILES string of the molecule is COCc1cc(C=Cc2ccccc2OCC(O)CN2CCN(C(=O)C(c3ccccc3)c3ccccc3)CC2)on1. The zero-order valence-electron chi connectivity index (χ0n) is 23.8. The fraction of sp³-hybridized carbons (Fsp3) is 0.294. The lowest BCUT2D eigenvalue weighted by atomic mass is 9.90. The number of aliphatic hydroxyl groups excluding tert-OH is 1. The molecule has 218 valence electrons. The molecule has 1 fully saturated rings. The van der Waals surface area contributed by atoms with Gasteiger partial charge in [-0.15, -0.1) is 0 Å². The fourth-order valence-corrected chi connectivity index (χ4v) is 5.18. The summed E-state index contributed by atoms with van der Waals surface area (Å²) >= 11 is 0. The molecular formula is C34H37N3O5. The van der Waals surface area contributed by atoms with Gasteiger partial charge < -0.3 is 24.0 Å². The fourth-order valence-electron chi connectivity index (χ4n) is 5.18. The maximum atomic E-state index is 13.7. The summed E-state index contributed by atoms with van der Waals surface area (Å²) in [5, 5.41) is 14.7. The molecule has 0 spiro atoms. The topological polar surface area (TPSA) is 88.3 Å². The van der Waals surface area contributed by atoms with Crippen molar-refractivity contribution in [1.82, 2.24) is 15.0 Å². The molecule has 1 aromatic heterocycles. The summed E-state index contributed by atoms with van der Waals surface area (Å²) < 4.78 is 16.4. The van der Waals surface area contributed by atoms with E-state index in [9.17, 15) is 9.90 Å². The normalized spacial score (nSPS) is 14.9. The number of nitrogens with zero attached hydrogens (tertiary/aromatic N) is 3. The van der Waals surface area contributed by atoms with E-state index in [4.69, 9.17) is 14.0 Å². The van der Waals surface area contributed by atoms with Crippen LogP contribution in [-0.4, -0.2) is 78.5 Å². The number of aliphatic hydroxyl groups is 1. The van der Waals surface area contributed by atoms with Crippen LogP contribution in [0.1, 0.15) is 34.1 Å². The molecular weight excluding hydrogens is 530 g/mol. The maximum absolute atomic E-state index is 13.7. The molecule has 1 unspecified atom stereocenters. The molecule has 8 heteroatoms. The Balaban J connectivity index is 1.12. The molecule has 1 N–H and O–H groups in total. The van der Waals surface area contributed by atoms with Crippen LogP contribution in [0, 0.1) is 0 Å². The number of carbonyl (C=O) groups excluding carboxylic acids is 1. The maximum Gasteiger partial charge on any atom is 0.234 e. The lowest BCUT2D eigenvalue weighted by molar-refractivity contribution is -0.133. The minimum absolute atomic E-state index is 0.112. The molecule has 1 saturated heterocycles. The number of hydrogen-bond donors (Lipinski definition) is 1. The third-order valence-corrected chi connectivity index (χ3v) is 7.31. The lowest BCUT2D eigenvalue weighted by Gasteiger charge is -2.37. The van der Waals surface area contributed by atoms with Gasteiger partial charge in [-0.3, -0.25) is 9.69 Å². The van der Waals surface area contributed by atoms with Crippen LogP contribution in [0.4, 0.5) is 0 Å². The first-order chi connectivity index (χ1) is 20.6. The molecule has 0 radical (unpaired) electrons. The van der Waals surface area contributed by atoms with Gasteiger partial charge >= 0.3 is 0 Å². The highest BCUT2D eigenvalue weighted by Gasteiger charge is 2.30. The van der Waals surface area contributed by atoms with Gasteiger partial charge in [-0.2, -0.15) is 0 Å². The number of amides is 1. The monoisotopic (exact) mass is 567 g/mol. The number of ether oxygens (including phenoxy) is 2. The van der Waals surface area contributed by atoms with Gasteiger partial charge in [0.05, 0.1) is 12.5 Å². The van der Waals surface area contributed by atoms with E-state index >= 15 is 0 Å². The summed E-state index contributed by atoms with van der Waals surface area (Å²) in [6, 6.07) is 29.4. The average Bonchev–Trinajstić information content (AvgIpc) is 3.48. The molecule has 42 heavy (non-hydrogen) atoms. The Labute approximate surface area is 246 Å². The van der Waals surface area contributed by atoms with Gasteiger partial charge in [0.25, 0.3) is 0 Å². The first-order valence-corrected chi connectivity index (χ1v) is 14.2. The van der Waals surface area contributed by atoms with E-state index in [1.807, 2.05) is 108 Å². The number of benzene rings is 3. The van der Waals surface area contributed by atoms with E-state index in [0.29, 0.717) is 50.8 Å². The molecule has 1 aliphatic heterocycles. The van der Waals surface area contributed by atoms with Crippen LogP contribution < -0.4 is 4.74 Å². The van der Waals surface area contributed by atoms with E-state index in [1.165, 1.54) is 0 Å². The molecule has 1 aliphatic rings. The Kier molecular flexibility index (Phi) is 10.2. The standard InChI is InChI=1S/C34H37N3O5/c1-40-24-29-22-31(42-35-29)17-16-26-10-8-9-15-32(26)41-25-30(38)23-36-18-20-37(21-19-36)34(39)33(27-11-4-2-5-12-27)28-13-6-3-7-14-28/h2-17,22,30,33,38H,18-21,23-25H2,1H3. The molecule has 2 heterocycles. The van der Waals surface area contributed by atoms with Crippen molar-refractivity contribution in [2.24, 2.45) is 0 Å². The molecule has 5 rings (SSSR count). The number of methoxy groups -OCH3 is 1. The largest absolute Gasteiger partial charge is 0.490 e. The highest BCUT2D eigenvalue weighted by atomic mass is 16.5. The van der Waals surface area contributed by atoms with Gasteiger partial charge in [-0.25, -0.2) is 0 Å². The van der Waals surface area contributed by atoms with Crippen molar-refractivity contribution in [3.05, 3.63) is 119 Å². The van der Waals surface area contributed by atoms with Crippen LogP contribution in [-0.2, 0) is 16.1 Å². The van der Waals surface area contributed by atoms with Crippen LogP contribution in [0.2, 0.25) is 0 Å². The first kappa shape index (κ1) is 29.3. The Morgan fingerprint density at radius 3 is 2.24 bits per heavy atom. The van der Waals surface area contributed by atoms with E-state index in [0.717, 1.165) is 22.4 Å². The van der Waals surface area contributed by atoms with Crippen LogP contribution in [0.15, 0.2) is 95.5 Å². The molecule has 8 nitrogen and oxygen atoms in total. The van der Waals surface area contributed by atoms with Gasteiger partial charge in [0.15, 0.2) is 5.76 Å². The second-order valence-corrected chi connectivity index (χ2v) is 10.4. The predicted octanol–water partition coefficient (Wildman–Crippen LogP) is 4.71. The van der Waals surface area contributed by atoms with Crippen LogP contribution in [0.25, 0.3) is 12.2 Å². The Hall–Kier alpha value is -4.24. The Morgan fingerprint density at radius 2 is 1.57 bits per heavy atom. The average molecular weight is 568 g/mol. The zero-order valence-corrected chi connectivity index (χ0v) is 23.8. The minimum Gasteiger partial charge on any atom is -0.490 e. The zero-order chi connectivity index (χ0) is 29.1. The van der Waals surface area contributed by atoms with Crippen LogP contribution >= 0.6 is 0 Å². The summed E-state index contributed by atoms with van der Waals surface area (Å²) in [7, 11) is 1.61. The van der Waals surface area contributed by atoms with Gasteiger partial charge in [-0.1, -0.05) is 84.0 Å². The summed E-state index contributed by atoms with van der Waals surface area (Å²) in [4.78, 5) is 17.8. The van der Waals surface area contributed by atoms with Crippen LogP contribution in [0.3, 0.4) is 0 Å². The highest BCUT2D eigenvalue weighted by molar-refractivity contribution is 5.87. The number of aromatic nitrogens is 1. The molecule has 3 aromatic carbocycles. The van der Waals surface area contributed by atoms with Crippen molar-refractivity contribution >= 4 is 18.1 Å². The van der Waals surface area contributed by atoms with Crippen molar-refractivity contribution in [2.75, 3.05) is 46.4 Å². The number of piperazine rings is 1. The number of rotatable bonds is 12. The van der Waals surface area contributed by atoms with Gasteiger partial charge in [-0.05, 0) is 29.3 Å². The van der Waals surface area contributed by atoms with E-state index in [2.05, 4.69) is 10.1 Å². The van der Waals surface area contributed by atoms with E-state index < -0.39 is 6.10 Å². The van der Waals surface area contributed by atoms with Crippen molar-refractivity contribution in [3.8, 4) is 5.75 Å². The van der Waals surface area contributed by atoms with Crippen molar-refractivity contribution in [3.63, 3.8) is 0 Å². The summed E-state index contributed by atoms with van der Waals surface area (Å²) in [5.41, 5.74) is 3.58. The van der Waals surface area contributed by atoms with Crippen molar-refractivity contribution in [2.45, 2.75) is 18.6 Å². The number of β-amino-alcohol motifs (C(OH)–C–C–N with tert-alkyl or cyclic N) is 1. The lowest BCUT2D eigenvalue weighted by Crippen LogP contribution is -2.52. The van der Waals surface area contributed by atoms with E-state index in [1.54, 1.807) is 7.11 Å². The number of hydrogen-bond acceptors (Lipinski definition) is 7. The summed E-state index contributed by atoms with van der Waals surface area (Å²) in [6.45, 7) is 3.65. The highest BCUT2D eigenvalue weighted by Crippen LogP contribution is 2.27. The van der Waals surface area contributed by atoms with Gasteiger partial charge in [0.2, 0.25) is 5.91 Å². The number of para-hydroxylation sites is 1. The second kappa shape index (κ2) is 14.6. The quantitative estimate of drug-likeness (QED) is 0.265. The first-order valence-electron chi connectivity index (χ1n) is 14.2. The van der Waals surface area contributed by atoms with Crippen molar-refractivity contribution < 1.29 is 23.9 Å². The van der Waals surface area contributed by atoms with Crippen LogP contribution in [0.5, 0.6) is 5.75 Å². The summed E-state index contributed by atoms with van der Waals surface area (Å²) in [5.74, 6) is 1.07. The van der Waals surface area contributed by atoms with Crippen molar-refractivity contribution in [1.29, 1.82) is 0 Å². The van der Waals surface area contributed by atoms with E-state index in [-0.39, 0.29) is 18.4 Å². The Morgan fingerprint density at radius 1 is 0.929 bits per heavy atom. The van der Waals surface area contributed by atoms with Gasteiger partial charge in [0, 0.05) is 51.5 Å².